The van der Waals surface area contributed by atoms with Crippen molar-refractivity contribution >= 4 is 11.9 Å². The molecule has 0 atom stereocenters. The molecule has 2 aromatic rings. The second kappa shape index (κ2) is 7.97. The van der Waals surface area contributed by atoms with Crippen LogP contribution in [0.2, 0.25) is 0 Å². The van der Waals surface area contributed by atoms with Gasteiger partial charge in [0.15, 0.2) is 6.10 Å². The van der Waals surface area contributed by atoms with Crippen LogP contribution in [-0.2, 0) is 14.3 Å². The van der Waals surface area contributed by atoms with Gasteiger partial charge in [-0.15, -0.1) is 0 Å². The van der Waals surface area contributed by atoms with Crippen molar-refractivity contribution in [1.29, 1.82) is 0 Å². The van der Waals surface area contributed by atoms with Crippen LogP contribution in [0.3, 0.4) is 0 Å². The summed E-state index contributed by atoms with van der Waals surface area (Å²) in [5, 5.41) is 0. The molecule has 25 heavy (non-hydrogen) atoms. The van der Waals surface area contributed by atoms with Crippen LogP contribution in [0.25, 0.3) is 0 Å². The smallest absolute Gasteiger partial charge is 0.310 e. The maximum Gasteiger partial charge on any atom is 0.310 e. The van der Waals surface area contributed by atoms with Crippen molar-refractivity contribution in [2.24, 2.45) is 5.92 Å². The standard InChI is InChI=1S/C21H23NO3/c1-16(23)22-14-12-19(13-15-22)21(24)25-20(17-8-4-2-5-9-17)18-10-6-3-7-11-18/h2-11,19-20H,12-15H2,1H3. The van der Waals surface area contributed by atoms with Gasteiger partial charge < -0.3 is 9.64 Å². The lowest BCUT2D eigenvalue weighted by Gasteiger charge is -2.31. The highest BCUT2D eigenvalue weighted by molar-refractivity contribution is 5.75. The zero-order valence-electron chi connectivity index (χ0n) is 14.4. The molecule has 0 aromatic heterocycles. The van der Waals surface area contributed by atoms with Gasteiger partial charge in [0.2, 0.25) is 5.91 Å². The molecule has 0 bridgehead atoms. The highest BCUT2D eigenvalue weighted by Crippen LogP contribution is 2.29. The average Bonchev–Trinajstić information content (AvgIpc) is 2.67. The van der Waals surface area contributed by atoms with E-state index in [1.165, 1.54) is 0 Å². The van der Waals surface area contributed by atoms with E-state index in [9.17, 15) is 9.59 Å². The summed E-state index contributed by atoms with van der Waals surface area (Å²) in [7, 11) is 0. The van der Waals surface area contributed by atoms with Gasteiger partial charge in [0.1, 0.15) is 0 Å². The van der Waals surface area contributed by atoms with Crippen molar-refractivity contribution in [3.8, 4) is 0 Å². The Hall–Kier alpha value is -2.62. The Balaban J connectivity index is 1.73. The zero-order chi connectivity index (χ0) is 17.6. The Morgan fingerprint density at radius 2 is 1.40 bits per heavy atom. The minimum atomic E-state index is -0.402. The van der Waals surface area contributed by atoms with Crippen LogP contribution >= 0.6 is 0 Å². The van der Waals surface area contributed by atoms with Crippen molar-refractivity contribution in [2.75, 3.05) is 13.1 Å². The van der Waals surface area contributed by atoms with E-state index in [1.54, 1.807) is 11.8 Å². The minimum Gasteiger partial charge on any atom is -0.452 e. The van der Waals surface area contributed by atoms with E-state index in [1.807, 2.05) is 60.7 Å². The Bertz CT molecular complexity index is 667. The Labute approximate surface area is 148 Å². The van der Waals surface area contributed by atoms with Crippen LogP contribution in [0.5, 0.6) is 0 Å². The molecule has 0 unspecified atom stereocenters. The van der Waals surface area contributed by atoms with E-state index in [0.29, 0.717) is 25.9 Å². The van der Waals surface area contributed by atoms with Gasteiger partial charge in [-0.05, 0) is 24.0 Å². The fraction of sp³-hybridized carbons (Fsp3) is 0.333. The maximum atomic E-state index is 12.7. The number of nitrogens with zero attached hydrogens (tertiary/aromatic N) is 1. The summed E-state index contributed by atoms with van der Waals surface area (Å²) in [6.07, 6.45) is 0.921. The van der Waals surface area contributed by atoms with Gasteiger partial charge in [-0.2, -0.15) is 0 Å². The van der Waals surface area contributed by atoms with Gasteiger partial charge in [-0.25, -0.2) is 0 Å². The van der Waals surface area contributed by atoms with Gasteiger partial charge in [0.05, 0.1) is 5.92 Å². The molecule has 3 rings (SSSR count). The number of carbonyl (C=O) groups excluding carboxylic acids is 2. The fourth-order valence-corrected chi connectivity index (χ4v) is 3.23. The molecule has 130 valence electrons. The SMILES string of the molecule is CC(=O)N1CCC(C(=O)OC(c2ccccc2)c2ccccc2)CC1. The first kappa shape index (κ1) is 17.2. The second-order valence-corrected chi connectivity index (χ2v) is 6.42. The summed E-state index contributed by atoms with van der Waals surface area (Å²) in [5.74, 6) is -0.260. The molecule has 0 N–H and O–H groups in total. The molecule has 0 radical (unpaired) electrons. The molecule has 1 aliphatic heterocycles. The fourth-order valence-electron chi connectivity index (χ4n) is 3.23. The third kappa shape index (κ3) is 4.27. The number of likely N-dealkylation sites (tertiary alicyclic amines) is 1. The third-order valence-corrected chi connectivity index (χ3v) is 4.71. The number of piperidine rings is 1. The molecule has 4 nitrogen and oxygen atoms in total. The number of benzene rings is 2. The van der Waals surface area contributed by atoms with E-state index in [4.69, 9.17) is 4.74 Å². The topological polar surface area (TPSA) is 46.6 Å². The van der Waals surface area contributed by atoms with Gasteiger partial charge in [-0.3, -0.25) is 9.59 Å². The van der Waals surface area contributed by atoms with Gasteiger partial charge in [0, 0.05) is 20.0 Å². The first-order valence-electron chi connectivity index (χ1n) is 8.71. The lowest BCUT2D eigenvalue weighted by molar-refractivity contribution is -0.155. The van der Waals surface area contributed by atoms with Crippen LogP contribution in [-0.4, -0.2) is 29.9 Å². The molecule has 4 heteroatoms. The predicted octanol–water partition coefficient (Wildman–Crippen LogP) is 3.58. The summed E-state index contributed by atoms with van der Waals surface area (Å²) < 4.78 is 5.92. The number of ether oxygens (including phenoxy) is 1. The molecule has 1 aliphatic rings. The number of esters is 1. The number of hydrogen-bond donors (Lipinski definition) is 0. The van der Waals surface area contributed by atoms with E-state index < -0.39 is 6.10 Å². The molecule has 0 saturated carbocycles. The van der Waals surface area contributed by atoms with Gasteiger partial charge >= 0.3 is 5.97 Å². The second-order valence-electron chi connectivity index (χ2n) is 6.42. The molecule has 0 aliphatic carbocycles. The summed E-state index contributed by atoms with van der Waals surface area (Å²) in [6, 6.07) is 19.6. The zero-order valence-corrected chi connectivity index (χ0v) is 14.4. The number of rotatable bonds is 4. The maximum absolute atomic E-state index is 12.7. The minimum absolute atomic E-state index is 0.0678. The number of hydrogen-bond acceptors (Lipinski definition) is 3. The lowest BCUT2D eigenvalue weighted by Crippen LogP contribution is -2.39. The molecule has 1 heterocycles. The molecule has 0 spiro atoms. The van der Waals surface area contributed by atoms with Gasteiger partial charge in [0.25, 0.3) is 0 Å². The van der Waals surface area contributed by atoms with Crippen LogP contribution in [0.15, 0.2) is 60.7 Å². The van der Waals surface area contributed by atoms with Gasteiger partial charge in [-0.1, -0.05) is 60.7 Å². The van der Waals surface area contributed by atoms with E-state index >= 15 is 0 Å². The molecule has 1 amide bonds. The van der Waals surface area contributed by atoms with E-state index in [2.05, 4.69) is 0 Å². The van der Waals surface area contributed by atoms with Crippen molar-refractivity contribution in [1.82, 2.24) is 4.90 Å². The quantitative estimate of drug-likeness (QED) is 0.801. The Kier molecular flexibility index (Phi) is 5.49. The number of carbonyl (C=O) groups is 2. The predicted molar refractivity (Wildman–Crippen MR) is 95.8 cm³/mol. The van der Waals surface area contributed by atoms with Crippen LogP contribution in [0.4, 0.5) is 0 Å². The third-order valence-electron chi connectivity index (χ3n) is 4.71. The summed E-state index contributed by atoms with van der Waals surface area (Å²) >= 11 is 0. The van der Waals surface area contributed by atoms with Crippen LogP contribution in [0.1, 0.15) is 37.0 Å². The van der Waals surface area contributed by atoms with E-state index in [-0.39, 0.29) is 17.8 Å². The summed E-state index contributed by atoms with van der Waals surface area (Å²) in [6.45, 7) is 2.81. The van der Waals surface area contributed by atoms with Crippen molar-refractivity contribution in [3.05, 3.63) is 71.8 Å². The van der Waals surface area contributed by atoms with Crippen molar-refractivity contribution < 1.29 is 14.3 Å². The van der Waals surface area contributed by atoms with E-state index in [0.717, 1.165) is 11.1 Å². The van der Waals surface area contributed by atoms with Crippen molar-refractivity contribution in [2.45, 2.75) is 25.9 Å². The Morgan fingerprint density at radius 1 is 0.920 bits per heavy atom. The largest absolute Gasteiger partial charge is 0.452 e. The van der Waals surface area contributed by atoms with Crippen LogP contribution in [0, 0.1) is 5.92 Å². The monoisotopic (exact) mass is 337 g/mol. The first-order chi connectivity index (χ1) is 12.1. The molecule has 1 fully saturated rings. The summed E-state index contributed by atoms with van der Waals surface area (Å²) in [4.78, 5) is 25.9. The molecular weight excluding hydrogens is 314 g/mol. The lowest BCUT2D eigenvalue weighted by atomic mass is 9.96. The normalized spacial score (nSPS) is 15.2. The molecule has 1 saturated heterocycles. The molecule has 2 aromatic carbocycles. The average molecular weight is 337 g/mol. The highest BCUT2D eigenvalue weighted by atomic mass is 16.5. The highest BCUT2D eigenvalue weighted by Gasteiger charge is 2.29. The van der Waals surface area contributed by atoms with Crippen molar-refractivity contribution in [3.63, 3.8) is 0 Å². The summed E-state index contributed by atoms with van der Waals surface area (Å²) in [5.41, 5.74) is 1.92. The Morgan fingerprint density at radius 3 is 1.84 bits per heavy atom. The molecular formula is C21H23NO3. The number of amides is 1. The first-order valence-corrected chi connectivity index (χ1v) is 8.71. The van der Waals surface area contributed by atoms with Crippen LogP contribution < -0.4 is 0 Å².